The monoisotopic (exact) mass is 497 g/mol. The number of benzene rings is 1. The number of nitrogens with zero attached hydrogens (tertiary/aromatic N) is 1. The number of halogens is 4. The fourth-order valence-corrected chi connectivity index (χ4v) is 2.92. The average Bonchev–Trinajstić information content (AvgIpc) is 2.59. The molecular formula is C19H23BrF3NO6. The molecule has 0 heterocycles. The van der Waals surface area contributed by atoms with Crippen molar-refractivity contribution < 1.29 is 41.8 Å². The Balaban J connectivity index is 3.57. The molecule has 0 saturated carbocycles. The summed E-state index contributed by atoms with van der Waals surface area (Å²) in [6, 6.07) is 2.33. The van der Waals surface area contributed by atoms with Crippen molar-refractivity contribution in [2.24, 2.45) is 0 Å². The third-order valence-electron chi connectivity index (χ3n) is 3.54. The zero-order valence-electron chi connectivity index (χ0n) is 17.1. The highest BCUT2D eigenvalue weighted by atomic mass is 79.9. The van der Waals surface area contributed by atoms with Crippen LogP contribution in [-0.2, 0) is 23.9 Å². The van der Waals surface area contributed by atoms with Crippen molar-refractivity contribution in [2.45, 2.75) is 45.5 Å². The molecule has 1 rings (SSSR count). The lowest BCUT2D eigenvalue weighted by molar-refractivity contribution is -0.193. The van der Waals surface area contributed by atoms with Gasteiger partial charge in [-0.1, -0.05) is 15.9 Å². The minimum atomic E-state index is -5.35. The van der Waals surface area contributed by atoms with Crippen molar-refractivity contribution in [2.75, 3.05) is 20.3 Å². The van der Waals surface area contributed by atoms with Crippen LogP contribution in [0.4, 0.5) is 13.2 Å². The van der Waals surface area contributed by atoms with Gasteiger partial charge in [-0.3, -0.25) is 9.59 Å². The second-order valence-electron chi connectivity index (χ2n) is 7.06. The van der Waals surface area contributed by atoms with Gasteiger partial charge in [-0.05, 0) is 45.9 Å². The predicted molar refractivity (Wildman–Crippen MR) is 104 cm³/mol. The zero-order chi connectivity index (χ0) is 23.3. The summed E-state index contributed by atoms with van der Waals surface area (Å²) in [7, 11) is 1.33. The SMILES string of the molecule is CCOC(=O)C(c1cc(OC)ccc1Br)N(CC(=O)OC(C)(C)C)C(=O)C(F)(F)F. The number of hydrogen-bond acceptors (Lipinski definition) is 6. The molecule has 0 radical (unpaired) electrons. The first-order valence-electron chi connectivity index (χ1n) is 8.81. The van der Waals surface area contributed by atoms with E-state index >= 15 is 0 Å². The van der Waals surface area contributed by atoms with Gasteiger partial charge in [0, 0.05) is 10.0 Å². The molecule has 1 atom stereocenters. The smallest absolute Gasteiger partial charge is 0.471 e. The van der Waals surface area contributed by atoms with Crippen LogP contribution >= 0.6 is 15.9 Å². The van der Waals surface area contributed by atoms with E-state index in [1.165, 1.54) is 53.0 Å². The summed E-state index contributed by atoms with van der Waals surface area (Å²) in [5, 5.41) is 0. The quantitative estimate of drug-likeness (QED) is 0.533. The van der Waals surface area contributed by atoms with Crippen molar-refractivity contribution in [3.05, 3.63) is 28.2 Å². The molecule has 1 aromatic carbocycles. The van der Waals surface area contributed by atoms with Gasteiger partial charge in [0.25, 0.3) is 0 Å². The number of esters is 2. The second-order valence-corrected chi connectivity index (χ2v) is 7.91. The number of ether oxygens (including phenoxy) is 3. The lowest BCUT2D eigenvalue weighted by Gasteiger charge is -2.32. The minimum Gasteiger partial charge on any atom is -0.497 e. The van der Waals surface area contributed by atoms with Crippen molar-refractivity contribution >= 4 is 33.8 Å². The van der Waals surface area contributed by atoms with Gasteiger partial charge in [-0.25, -0.2) is 4.79 Å². The summed E-state index contributed by atoms with van der Waals surface area (Å²) in [6.45, 7) is 4.73. The molecule has 11 heteroatoms. The van der Waals surface area contributed by atoms with Gasteiger partial charge in [0.2, 0.25) is 0 Å². The van der Waals surface area contributed by atoms with Gasteiger partial charge in [0.1, 0.15) is 17.9 Å². The van der Waals surface area contributed by atoms with E-state index in [2.05, 4.69) is 15.9 Å². The number of alkyl halides is 3. The van der Waals surface area contributed by atoms with Gasteiger partial charge in [0.15, 0.2) is 6.04 Å². The summed E-state index contributed by atoms with van der Waals surface area (Å²) < 4.78 is 55.2. The van der Waals surface area contributed by atoms with Gasteiger partial charge < -0.3 is 19.1 Å². The summed E-state index contributed by atoms with van der Waals surface area (Å²) >= 11 is 3.16. The molecule has 0 aliphatic rings. The Morgan fingerprint density at radius 2 is 1.77 bits per heavy atom. The van der Waals surface area contributed by atoms with Crippen LogP contribution in [-0.4, -0.2) is 54.8 Å². The van der Waals surface area contributed by atoms with Crippen molar-refractivity contribution in [1.29, 1.82) is 0 Å². The number of hydrogen-bond donors (Lipinski definition) is 0. The van der Waals surface area contributed by atoms with E-state index in [4.69, 9.17) is 14.2 Å². The van der Waals surface area contributed by atoms with Crippen LogP contribution < -0.4 is 4.74 Å². The van der Waals surface area contributed by atoms with Crippen LogP contribution in [0.5, 0.6) is 5.75 Å². The Bertz CT molecular complexity index is 791. The molecule has 0 saturated heterocycles. The van der Waals surface area contributed by atoms with Gasteiger partial charge in [-0.15, -0.1) is 0 Å². The number of carbonyl (C=O) groups excluding carboxylic acids is 3. The van der Waals surface area contributed by atoms with Gasteiger partial charge >= 0.3 is 24.0 Å². The Morgan fingerprint density at radius 3 is 2.23 bits per heavy atom. The van der Waals surface area contributed by atoms with Crippen LogP contribution in [0.15, 0.2) is 22.7 Å². The van der Waals surface area contributed by atoms with Crippen LogP contribution in [0.2, 0.25) is 0 Å². The molecule has 30 heavy (non-hydrogen) atoms. The molecule has 1 unspecified atom stereocenters. The van der Waals surface area contributed by atoms with Crippen molar-refractivity contribution in [1.82, 2.24) is 4.90 Å². The maximum Gasteiger partial charge on any atom is 0.471 e. The molecule has 1 amide bonds. The van der Waals surface area contributed by atoms with E-state index in [-0.39, 0.29) is 27.3 Å². The summed E-state index contributed by atoms with van der Waals surface area (Å²) in [4.78, 5) is 37.2. The Labute approximate surface area is 180 Å². The fourth-order valence-electron chi connectivity index (χ4n) is 2.46. The molecule has 0 fully saturated rings. The maximum atomic E-state index is 13.3. The molecule has 7 nitrogen and oxygen atoms in total. The van der Waals surface area contributed by atoms with Gasteiger partial charge in [-0.2, -0.15) is 13.2 Å². The second kappa shape index (κ2) is 10.1. The predicted octanol–water partition coefficient (Wildman–Crippen LogP) is 3.79. The topological polar surface area (TPSA) is 82.1 Å². The average molecular weight is 498 g/mol. The normalized spacial score (nSPS) is 12.7. The molecule has 0 bridgehead atoms. The maximum absolute atomic E-state index is 13.3. The highest BCUT2D eigenvalue weighted by molar-refractivity contribution is 9.10. The first kappa shape index (κ1) is 25.7. The largest absolute Gasteiger partial charge is 0.497 e. The van der Waals surface area contributed by atoms with E-state index < -0.39 is 42.2 Å². The number of carbonyl (C=O) groups is 3. The van der Waals surface area contributed by atoms with E-state index in [1.54, 1.807) is 0 Å². The molecule has 168 valence electrons. The van der Waals surface area contributed by atoms with Crippen LogP contribution in [0.1, 0.15) is 39.3 Å². The molecule has 0 aliphatic carbocycles. The lowest BCUT2D eigenvalue weighted by atomic mass is 10.0. The highest BCUT2D eigenvalue weighted by Gasteiger charge is 2.48. The van der Waals surface area contributed by atoms with E-state index in [1.807, 2.05) is 0 Å². The molecule has 0 spiro atoms. The van der Waals surface area contributed by atoms with E-state index in [0.29, 0.717) is 0 Å². The zero-order valence-corrected chi connectivity index (χ0v) is 18.7. The first-order valence-corrected chi connectivity index (χ1v) is 9.60. The van der Waals surface area contributed by atoms with Crippen LogP contribution in [0, 0.1) is 0 Å². The van der Waals surface area contributed by atoms with E-state index in [9.17, 15) is 27.6 Å². The Morgan fingerprint density at radius 1 is 1.17 bits per heavy atom. The standard InChI is InChI=1S/C19H23BrF3NO6/c1-6-29-16(26)15(12-9-11(28-5)7-8-13(12)20)24(17(27)19(21,22)23)10-14(25)30-18(2,3)4/h7-9,15H,6,10H2,1-5H3. The van der Waals surface area contributed by atoms with Crippen molar-refractivity contribution in [3.63, 3.8) is 0 Å². The van der Waals surface area contributed by atoms with E-state index in [0.717, 1.165) is 0 Å². The third-order valence-corrected chi connectivity index (χ3v) is 4.26. The first-order chi connectivity index (χ1) is 13.7. The number of amides is 1. The molecule has 0 aliphatic heterocycles. The number of methoxy groups -OCH3 is 1. The van der Waals surface area contributed by atoms with Crippen LogP contribution in [0.3, 0.4) is 0 Å². The molecule has 1 aromatic rings. The lowest BCUT2D eigenvalue weighted by Crippen LogP contribution is -2.49. The third kappa shape index (κ3) is 7.19. The minimum absolute atomic E-state index is 0.0473. The van der Waals surface area contributed by atoms with Crippen molar-refractivity contribution in [3.8, 4) is 5.75 Å². The van der Waals surface area contributed by atoms with Gasteiger partial charge in [0.05, 0.1) is 13.7 Å². The highest BCUT2D eigenvalue weighted by Crippen LogP contribution is 2.34. The Kier molecular flexibility index (Phi) is 8.70. The molecule has 0 aromatic heterocycles. The van der Waals surface area contributed by atoms with Crippen LogP contribution in [0.25, 0.3) is 0 Å². The Hall–Kier alpha value is -2.30. The summed E-state index contributed by atoms with van der Waals surface area (Å²) in [6.07, 6.45) is -5.35. The summed E-state index contributed by atoms with van der Waals surface area (Å²) in [5.41, 5.74) is -1.06. The fraction of sp³-hybridized carbons (Fsp3) is 0.526. The molecule has 0 N–H and O–H groups in total. The number of rotatable bonds is 7. The summed E-state index contributed by atoms with van der Waals surface area (Å²) in [5.74, 6) is -4.43. The molecular weight excluding hydrogens is 475 g/mol.